The summed E-state index contributed by atoms with van der Waals surface area (Å²) in [5.41, 5.74) is 2.65. The Morgan fingerprint density at radius 2 is 2.09 bits per heavy atom. The van der Waals surface area contributed by atoms with Crippen molar-refractivity contribution in [3.8, 4) is 0 Å². The minimum atomic E-state index is -0.492. The fraction of sp³-hybridized carbons (Fsp3) is 0.125. The summed E-state index contributed by atoms with van der Waals surface area (Å²) in [4.78, 5) is 16.4. The van der Waals surface area contributed by atoms with E-state index in [0.29, 0.717) is 21.3 Å². The van der Waals surface area contributed by atoms with E-state index >= 15 is 0 Å². The van der Waals surface area contributed by atoms with Gasteiger partial charge in [0.1, 0.15) is 12.3 Å². The van der Waals surface area contributed by atoms with Crippen molar-refractivity contribution in [1.29, 1.82) is 0 Å². The van der Waals surface area contributed by atoms with Gasteiger partial charge in [-0.05, 0) is 31.2 Å². The van der Waals surface area contributed by atoms with Crippen LogP contribution in [0.5, 0.6) is 0 Å². The van der Waals surface area contributed by atoms with Gasteiger partial charge in [0.05, 0.1) is 0 Å². The highest BCUT2D eigenvalue weighted by Gasteiger charge is 2.14. The summed E-state index contributed by atoms with van der Waals surface area (Å²) in [6.45, 7) is 2.01. The molecule has 0 bridgehead atoms. The summed E-state index contributed by atoms with van der Waals surface area (Å²) in [7, 11) is 0. The zero-order valence-electron chi connectivity index (χ0n) is 11.7. The monoisotopic (exact) mass is 334 g/mol. The minimum Gasteiger partial charge on any atom is -0.456 e. The molecule has 0 aliphatic rings. The lowest BCUT2D eigenvalue weighted by atomic mass is 10.2. The van der Waals surface area contributed by atoms with Crippen LogP contribution in [0, 0.1) is 6.92 Å². The molecule has 3 aromatic rings. The predicted octanol–water partition coefficient (Wildman–Crippen LogP) is 4.31. The molecule has 0 unspecified atom stereocenters. The molecule has 2 heterocycles. The third kappa shape index (κ3) is 2.93. The quantitative estimate of drug-likeness (QED) is 0.670. The second kappa shape index (κ2) is 5.99. The van der Waals surface area contributed by atoms with Crippen LogP contribution in [-0.4, -0.2) is 15.4 Å². The van der Waals surface area contributed by atoms with Crippen molar-refractivity contribution in [2.45, 2.75) is 13.5 Å². The molecule has 0 N–H and O–H groups in total. The van der Waals surface area contributed by atoms with E-state index in [2.05, 4.69) is 4.98 Å². The smallest absolute Gasteiger partial charge is 0.358 e. The molecular weight excluding hydrogens is 323 g/mol. The van der Waals surface area contributed by atoms with Gasteiger partial charge in [0, 0.05) is 27.5 Å². The van der Waals surface area contributed by atoms with E-state index in [1.807, 2.05) is 29.5 Å². The lowest BCUT2D eigenvalue weighted by molar-refractivity contribution is 0.0466. The molecule has 0 aliphatic carbocycles. The summed E-state index contributed by atoms with van der Waals surface area (Å²) in [6, 6.07) is 10.7. The van der Waals surface area contributed by atoms with Gasteiger partial charge in [0.15, 0.2) is 5.69 Å². The first-order valence-corrected chi connectivity index (χ1v) is 7.36. The average molecular weight is 335 g/mol. The molecule has 0 spiro atoms. The van der Waals surface area contributed by atoms with Crippen molar-refractivity contribution in [2.24, 2.45) is 0 Å². The number of carbonyl (C=O) groups is 1. The molecular formula is C16H12Cl2N2O2. The molecule has 0 amide bonds. The first kappa shape index (κ1) is 14.9. The number of fused-ring (bicyclic) bond motifs is 1. The molecule has 3 rings (SSSR count). The maximum absolute atomic E-state index is 12.1. The highest BCUT2D eigenvalue weighted by atomic mass is 35.5. The average Bonchev–Trinajstić information content (AvgIpc) is 2.92. The lowest BCUT2D eigenvalue weighted by Crippen LogP contribution is -2.06. The fourth-order valence-corrected chi connectivity index (χ4v) is 2.57. The molecule has 0 saturated carbocycles. The number of hydrogen-bond donors (Lipinski definition) is 0. The van der Waals surface area contributed by atoms with Crippen LogP contribution >= 0.6 is 23.2 Å². The number of esters is 1. The van der Waals surface area contributed by atoms with Crippen molar-refractivity contribution in [1.82, 2.24) is 9.38 Å². The third-order valence-corrected chi connectivity index (χ3v) is 3.87. The van der Waals surface area contributed by atoms with E-state index in [9.17, 15) is 4.79 Å². The summed E-state index contributed by atoms with van der Waals surface area (Å²) in [6.07, 6.45) is 1.66. The molecule has 4 nitrogen and oxygen atoms in total. The van der Waals surface area contributed by atoms with Gasteiger partial charge in [0.25, 0.3) is 0 Å². The number of aryl methyl sites for hydroxylation is 1. The van der Waals surface area contributed by atoms with Crippen molar-refractivity contribution in [3.63, 3.8) is 0 Å². The molecule has 1 aromatic carbocycles. The molecule has 112 valence electrons. The van der Waals surface area contributed by atoms with Crippen molar-refractivity contribution in [3.05, 3.63) is 69.6 Å². The number of nitrogens with zero attached hydrogens (tertiary/aromatic N) is 2. The van der Waals surface area contributed by atoms with Gasteiger partial charge in [0.2, 0.25) is 0 Å². The standard InChI is InChI=1S/C16H12Cl2N2O2/c1-10-3-2-4-15-19-14(8-20(10)15)16(21)22-9-11-5-6-12(17)7-13(11)18/h2-8H,9H2,1H3. The van der Waals surface area contributed by atoms with Crippen LogP contribution in [0.2, 0.25) is 10.0 Å². The normalized spacial score (nSPS) is 10.9. The van der Waals surface area contributed by atoms with Crippen LogP contribution in [0.4, 0.5) is 0 Å². The Labute approximate surface area is 137 Å². The van der Waals surface area contributed by atoms with E-state index in [0.717, 1.165) is 5.69 Å². The van der Waals surface area contributed by atoms with Crippen LogP contribution in [0.1, 0.15) is 21.7 Å². The van der Waals surface area contributed by atoms with Gasteiger partial charge in [-0.3, -0.25) is 0 Å². The van der Waals surface area contributed by atoms with Crippen LogP contribution in [0.25, 0.3) is 5.65 Å². The Bertz CT molecular complexity index is 858. The molecule has 6 heteroatoms. The van der Waals surface area contributed by atoms with Crippen molar-refractivity contribution >= 4 is 34.8 Å². The number of ether oxygens (including phenoxy) is 1. The summed E-state index contributed by atoms with van der Waals surface area (Å²) in [5.74, 6) is -0.492. The van der Waals surface area contributed by atoms with Crippen LogP contribution in [0.3, 0.4) is 0 Å². The van der Waals surface area contributed by atoms with Crippen LogP contribution in [-0.2, 0) is 11.3 Å². The van der Waals surface area contributed by atoms with Gasteiger partial charge >= 0.3 is 5.97 Å². The van der Waals surface area contributed by atoms with Crippen LogP contribution in [0.15, 0.2) is 42.6 Å². The molecule has 0 atom stereocenters. The Morgan fingerprint density at radius 3 is 2.82 bits per heavy atom. The Balaban J connectivity index is 1.77. The van der Waals surface area contributed by atoms with E-state index < -0.39 is 5.97 Å². The molecule has 0 radical (unpaired) electrons. The number of benzene rings is 1. The number of hydrogen-bond acceptors (Lipinski definition) is 3. The Kier molecular flexibility index (Phi) is 4.05. The molecule has 0 saturated heterocycles. The first-order valence-electron chi connectivity index (χ1n) is 6.60. The van der Waals surface area contributed by atoms with E-state index in [4.69, 9.17) is 27.9 Å². The number of rotatable bonds is 3. The van der Waals surface area contributed by atoms with E-state index in [1.165, 1.54) is 0 Å². The lowest BCUT2D eigenvalue weighted by Gasteiger charge is -2.05. The number of carbonyl (C=O) groups excluding carboxylic acids is 1. The van der Waals surface area contributed by atoms with Crippen molar-refractivity contribution < 1.29 is 9.53 Å². The van der Waals surface area contributed by atoms with Gasteiger partial charge in [-0.25, -0.2) is 9.78 Å². The van der Waals surface area contributed by atoms with Gasteiger partial charge < -0.3 is 9.14 Å². The maximum Gasteiger partial charge on any atom is 0.358 e. The largest absolute Gasteiger partial charge is 0.456 e. The third-order valence-electron chi connectivity index (χ3n) is 3.28. The molecule has 0 aliphatic heterocycles. The van der Waals surface area contributed by atoms with Gasteiger partial charge in [-0.2, -0.15) is 0 Å². The van der Waals surface area contributed by atoms with Crippen LogP contribution < -0.4 is 0 Å². The summed E-state index contributed by atoms with van der Waals surface area (Å²) < 4.78 is 7.10. The van der Waals surface area contributed by atoms with E-state index in [1.54, 1.807) is 24.4 Å². The topological polar surface area (TPSA) is 43.6 Å². The Morgan fingerprint density at radius 1 is 1.27 bits per heavy atom. The van der Waals surface area contributed by atoms with Crippen molar-refractivity contribution in [2.75, 3.05) is 0 Å². The second-order valence-corrected chi connectivity index (χ2v) is 5.68. The number of imidazole rings is 1. The zero-order valence-corrected chi connectivity index (χ0v) is 13.2. The molecule has 0 fully saturated rings. The zero-order chi connectivity index (χ0) is 15.7. The highest BCUT2D eigenvalue weighted by Crippen LogP contribution is 2.22. The number of halogens is 2. The molecule has 22 heavy (non-hydrogen) atoms. The predicted molar refractivity (Wildman–Crippen MR) is 85.5 cm³/mol. The number of aromatic nitrogens is 2. The summed E-state index contributed by atoms with van der Waals surface area (Å²) in [5, 5.41) is 1.00. The molecule has 2 aromatic heterocycles. The first-order chi connectivity index (χ1) is 10.5. The van der Waals surface area contributed by atoms with E-state index in [-0.39, 0.29) is 12.3 Å². The number of pyridine rings is 1. The highest BCUT2D eigenvalue weighted by molar-refractivity contribution is 6.35. The van der Waals surface area contributed by atoms with Gasteiger partial charge in [-0.1, -0.05) is 35.3 Å². The minimum absolute atomic E-state index is 0.0711. The SMILES string of the molecule is Cc1cccc2nc(C(=O)OCc3ccc(Cl)cc3Cl)cn12. The fourth-order valence-electron chi connectivity index (χ4n) is 2.10. The summed E-state index contributed by atoms with van der Waals surface area (Å²) >= 11 is 11.9. The van der Waals surface area contributed by atoms with Gasteiger partial charge in [-0.15, -0.1) is 0 Å². The second-order valence-electron chi connectivity index (χ2n) is 4.83. The Hall–Kier alpha value is -2.04. The maximum atomic E-state index is 12.1.